The summed E-state index contributed by atoms with van der Waals surface area (Å²) in [4.78, 5) is 70.6. The second kappa shape index (κ2) is 24.5. The Morgan fingerprint density at radius 1 is 0.734 bits per heavy atom. The van der Waals surface area contributed by atoms with Crippen LogP contribution in [0.15, 0.2) is 73.2 Å². The van der Waals surface area contributed by atoms with Crippen molar-refractivity contribution in [2.24, 2.45) is 10.8 Å². The number of anilines is 1. The smallest absolute Gasteiger partial charge is 0.407 e. The Labute approximate surface area is 451 Å². The number of benzene rings is 2. The monoisotopic (exact) mass is 1110 g/mol. The molecule has 3 unspecified atom stereocenters. The Balaban J connectivity index is 1.17. The molecule has 5 N–H and O–H groups in total. The summed E-state index contributed by atoms with van der Waals surface area (Å²) in [5, 5.41) is 18.7. The highest BCUT2D eigenvalue weighted by Crippen LogP contribution is 2.43. The number of carbonyl (C=O) groups excluding carboxylic acids is 4. The molecule has 3 aliphatic rings. The number of hydrogen-bond acceptors (Lipinski definition) is 13. The van der Waals surface area contributed by atoms with E-state index in [0.29, 0.717) is 67.5 Å². The number of alkyl carbamates (subject to hydrolysis) is 2. The van der Waals surface area contributed by atoms with Crippen LogP contribution in [-0.2, 0) is 32.0 Å². The number of carbonyl (C=O) groups is 4. The number of hydrogen-bond donors (Lipinski definition) is 5. The Hall–Kier alpha value is -7.17. The van der Waals surface area contributed by atoms with Crippen molar-refractivity contribution in [3.8, 4) is 23.2 Å². The van der Waals surface area contributed by atoms with Crippen molar-refractivity contribution in [1.82, 2.24) is 46.2 Å². The van der Waals surface area contributed by atoms with Crippen molar-refractivity contribution in [1.29, 1.82) is 0 Å². The molecule has 2 aromatic carbocycles. The maximum absolute atomic E-state index is 16.0. The van der Waals surface area contributed by atoms with Gasteiger partial charge in [-0.3, -0.25) is 19.9 Å². The number of hydrazine groups is 1. The molecule has 2 saturated heterocycles. The molecule has 2 aromatic heterocycles. The van der Waals surface area contributed by atoms with E-state index in [1.807, 2.05) is 22.8 Å². The third kappa shape index (κ3) is 14.0. The minimum atomic E-state index is -5.18. The first-order valence-electron chi connectivity index (χ1n) is 25.4. The highest BCUT2D eigenvalue weighted by molar-refractivity contribution is 5.87. The van der Waals surface area contributed by atoms with E-state index in [1.54, 1.807) is 18.3 Å². The molecule has 426 valence electrons. The molecule has 2 aliphatic heterocycles. The van der Waals surface area contributed by atoms with E-state index in [-0.39, 0.29) is 11.4 Å². The van der Waals surface area contributed by atoms with Crippen LogP contribution in [0.25, 0.3) is 11.4 Å². The number of pyridine rings is 1. The summed E-state index contributed by atoms with van der Waals surface area (Å²) in [6.07, 6.45) is -5.30. The van der Waals surface area contributed by atoms with E-state index in [2.05, 4.69) is 51.8 Å². The van der Waals surface area contributed by atoms with E-state index < -0.39 is 108 Å². The number of ether oxygens (including phenoxy) is 2. The fourth-order valence-corrected chi connectivity index (χ4v) is 9.80. The van der Waals surface area contributed by atoms with Gasteiger partial charge in [-0.25, -0.2) is 38.3 Å². The minimum Gasteiger partial charge on any atom is -0.453 e. The zero-order chi connectivity index (χ0) is 57.6. The van der Waals surface area contributed by atoms with Crippen LogP contribution in [0, 0.1) is 34.3 Å². The molecule has 1 saturated carbocycles. The first kappa shape index (κ1) is 59.5. The quantitative estimate of drug-likeness (QED) is 0.0389. The third-order valence-corrected chi connectivity index (χ3v) is 15.0. The van der Waals surface area contributed by atoms with Crippen LogP contribution in [0.5, 0.6) is 0 Å². The van der Waals surface area contributed by atoms with Crippen molar-refractivity contribution in [2.45, 2.75) is 127 Å². The maximum Gasteiger partial charge on any atom is 0.407 e. The average Bonchev–Trinajstić information content (AvgIpc) is 3.81. The topological polar surface area (TPSA) is 203 Å². The van der Waals surface area contributed by atoms with Crippen LogP contribution in [0.4, 0.5) is 50.5 Å². The largest absolute Gasteiger partial charge is 0.453 e. The molecule has 0 spiro atoms. The Kier molecular flexibility index (Phi) is 18.4. The lowest BCUT2D eigenvalue weighted by Crippen LogP contribution is -2.63. The Bertz CT molecular complexity index is 2830. The number of methoxy groups -OCH3 is 2. The van der Waals surface area contributed by atoms with E-state index in [0.717, 1.165) is 45.3 Å². The molecule has 1 aliphatic carbocycles. The molecule has 79 heavy (non-hydrogen) atoms. The highest BCUT2D eigenvalue weighted by atomic mass is 19.4. The standard InChI is InChI=1S/C54H62F8N10O7/c1-51(2,53(57,58)59)44(67-49(76)78-5)47(74)66-41(23-32-14-11-31(12-15-32)13-16-33-17-20-43(65-26-33)70-27-36-18-19-37(28-70)72(36)35-9-7-10-35)42(73)30-71(69-48(75)45(68-50(77)79-6)52(3,4)54(60,61)62)29-38-39(55)24-34(25-40(38)56)46-63-21-8-22-64-46/h8,11-12,14-15,17,20-22,24-26,35-37,41-42,44-45,73H,7,9-10,18-19,23,27-30H2,1-6H3,(H,66,74)(H,67,76)(H,68,77)(H,69,75)/t36?,37?,41-,42-,44+,45?/m0/s1. The number of aliphatic hydroxyl groups is 1. The minimum absolute atomic E-state index is 0.0948. The normalized spacial score (nSPS) is 18.5. The molecule has 17 nitrogen and oxygen atoms in total. The lowest BCUT2D eigenvalue weighted by Gasteiger charge is -2.48. The number of fused-ring (bicyclic) bond motifs is 2. The van der Waals surface area contributed by atoms with Crippen LogP contribution in [0.3, 0.4) is 0 Å². The number of amides is 4. The number of rotatable bonds is 18. The zero-order valence-electron chi connectivity index (χ0n) is 44.1. The van der Waals surface area contributed by atoms with Crippen LogP contribution < -0.4 is 26.3 Å². The fraction of sp³-hybridized carbons (Fsp3) is 0.500. The number of nitrogens with zero attached hydrogens (tertiary/aromatic N) is 6. The van der Waals surface area contributed by atoms with Gasteiger partial charge in [0.05, 0.1) is 37.2 Å². The van der Waals surface area contributed by atoms with Gasteiger partial charge in [-0.1, -0.05) is 30.4 Å². The summed E-state index contributed by atoms with van der Waals surface area (Å²) in [7, 11) is 1.66. The lowest BCUT2D eigenvalue weighted by molar-refractivity contribution is -0.221. The molecule has 3 fully saturated rings. The summed E-state index contributed by atoms with van der Waals surface area (Å²) < 4.78 is 128. The molecule has 2 bridgehead atoms. The Morgan fingerprint density at radius 3 is 1.76 bits per heavy atom. The number of piperazine rings is 1. The molecule has 0 radical (unpaired) electrons. The van der Waals surface area contributed by atoms with E-state index >= 15 is 8.78 Å². The summed E-state index contributed by atoms with van der Waals surface area (Å²) >= 11 is 0. The Morgan fingerprint density at radius 2 is 1.27 bits per heavy atom. The summed E-state index contributed by atoms with van der Waals surface area (Å²) in [6.45, 7) is 2.13. The second-order valence-electron chi connectivity index (χ2n) is 21.0. The highest BCUT2D eigenvalue weighted by Gasteiger charge is 2.57. The van der Waals surface area contributed by atoms with Crippen LogP contribution in [-0.4, -0.2) is 143 Å². The van der Waals surface area contributed by atoms with Crippen molar-refractivity contribution in [3.05, 3.63) is 107 Å². The van der Waals surface area contributed by atoms with Gasteiger partial charge in [0.25, 0.3) is 5.91 Å². The molecular formula is C54H62F8N10O7. The number of aromatic nitrogens is 3. The number of alkyl halides is 6. The summed E-state index contributed by atoms with van der Waals surface area (Å²) in [5.74, 6) is 1.21. The van der Waals surface area contributed by atoms with Gasteiger partial charge in [-0.05, 0) is 108 Å². The van der Waals surface area contributed by atoms with Gasteiger partial charge in [0, 0.05) is 85.1 Å². The van der Waals surface area contributed by atoms with E-state index in [1.165, 1.54) is 62.7 Å². The van der Waals surface area contributed by atoms with Crippen molar-refractivity contribution >= 4 is 29.8 Å². The average molecular weight is 1120 g/mol. The molecule has 7 rings (SSSR count). The zero-order valence-corrected chi connectivity index (χ0v) is 44.1. The third-order valence-electron chi connectivity index (χ3n) is 15.0. The first-order valence-corrected chi connectivity index (χ1v) is 25.4. The molecular weight excluding hydrogens is 1050 g/mol. The number of nitrogens with one attached hydrogen (secondary N) is 4. The van der Waals surface area contributed by atoms with Gasteiger partial charge in [0.15, 0.2) is 5.82 Å². The van der Waals surface area contributed by atoms with Crippen LogP contribution in [0.1, 0.15) is 82.1 Å². The van der Waals surface area contributed by atoms with E-state index in [4.69, 9.17) is 4.98 Å². The van der Waals surface area contributed by atoms with E-state index in [9.17, 15) is 50.6 Å². The van der Waals surface area contributed by atoms with Crippen LogP contribution in [0.2, 0.25) is 0 Å². The van der Waals surface area contributed by atoms with Crippen molar-refractivity contribution < 1.29 is 68.9 Å². The lowest BCUT2D eigenvalue weighted by atomic mass is 9.82. The molecule has 6 atom stereocenters. The van der Waals surface area contributed by atoms with Crippen molar-refractivity contribution in [2.75, 3.05) is 38.8 Å². The van der Waals surface area contributed by atoms with Crippen LogP contribution >= 0.6 is 0 Å². The summed E-state index contributed by atoms with van der Waals surface area (Å²) in [5.41, 5.74) is -3.48. The molecule has 4 amide bonds. The first-order chi connectivity index (χ1) is 37.2. The molecule has 4 heterocycles. The van der Waals surface area contributed by atoms with Gasteiger partial charge in [-0.15, -0.1) is 0 Å². The predicted octanol–water partition coefficient (Wildman–Crippen LogP) is 6.97. The SMILES string of the molecule is COC(=O)NC(C(=O)NN(Cc1c(F)cc(-c2ncccn2)cc1F)C[C@H](O)[C@H](Cc1ccc(C#Cc2ccc(N3CC4CCC(C3)N4C3CCC3)nc2)cc1)NC(=O)[C@@H](NC(=O)OC)C(C)(C)C(F)(F)F)C(C)(C)C(F)(F)F. The van der Waals surface area contributed by atoms with Gasteiger partial charge >= 0.3 is 24.5 Å². The van der Waals surface area contributed by atoms with Gasteiger partial charge in [0.1, 0.15) is 29.5 Å². The van der Waals surface area contributed by atoms with Gasteiger partial charge in [0.2, 0.25) is 5.91 Å². The molecule has 4 aromatic rings. The van der Waals surface area contributed by atoms with Gasteiger partial charge in [-0.2, -0.15) is 26.3 Å². The second-order valence-corrected chi connectivity index (χ2v) is 21.0. The number of aliphatic hydroxyl groups excluding tert-OH is 1. The summed E-state index contributed by atoms with van der Waals surface area (Å²) in [6, 6.07) is 8.21. The fourth-order valence-electron chi connectivity index (χ4n) is 9.80. The maximum atomic E-state index is 16.0. The predicted molar refractivity (Wildman–Crippen MR) is 271 cm³/mol. The number of halogens is 8. The molecule has 25 heteroatoms. The van der Waals surface area contributed by atoms with Crippen molar-refractivity contribution in [3.63, 3.8) is 0 Å². The van der Waals surface area contributed by atoms with Gasteiger partial charge < -0.3 is 35.4 Å².